The zero-order valence-electron chi connectivity index (χ0n) is 13.2. The first-order valence-electron chi connectivity index (χ1n) is 8.40. The Balaban J connectivity index is 1.56. The molecule has 3 fully saturated rings. The predicted molar refractivity (Wildman–Crippen MR) is 87.7 cm³/mol. The number of aliphatic imine (C=N–C) groups is 1. The Morgan fingerprint density at radius 2 is 1.88 bits per heavy atom. The van der Waals surface area contributed by atoms with Crippen molar-refractivity contribution < 1.29 is 14.4 Å². The number of rotatable bonds is 3. The Hall–Kier alpha value is -2.50. The Morgan fingerprint density at radius 3 is 2.54 bits per heavy atom. The molecule has 1 heterocycles. The van der Waals surface area contributed by atoms with Crippen molar-refractivity contribution in [3.63, 3.8) is 0 Å². The Morgan fingerprint density at radius 1 is 1.08 bits per heavy atom. The number of carbonyl (C=O) groups is 3. The van der Waals surface area contributed by atoms with Crippen LogP contribution < -0.4 is 5.32 Å². The minimum absolute atomic E-state index is 0.0722. The fourth-order valence-corrected chi connectivity index (χ4v) is 4.25. The van der Waals surface area contributed by atoms with Crippen molar-refractivity contribution in [2.75, 3.05) is 0 Å². The van der Waals surface area contributed by atoms with Crippen LogP contribution in [-0.4, -0.2) is 35.0 Å². The first-order valence-corrected chi connectivity index (χ1v) is 8.40. The number of fused-ring (bicyclic) bond motifs is 2. The zero-order chi connectivity index (χ0) is 16.7. The lowest BCUT2D eigenvalue weighted by Crippen LogP contribution is -2.62. The van der Waals surface area contributed by atoms with E-state index >= 15 is 0 Å². The third kappa shape index (κ3) is 2.52. The predicted octanol–water partition coefficient (Wildman–Crippen LogP) is 2.27. The van der Waals surface area contributed by atoms with Crippen molar-refractivity contribution in [2.45, 2.75) is 31.7 Å². The van der Waals surface area contributed by atoms with Crippen molar-refractivity contribution in [3.05, 3.63) is 30.3 Å². The lowest BCUT2D eigenvalue weighted by atomic mass is 9.92. The lowest BCUT2D eigenvalue weighted by molar-refractivity contribution is -0.141. The maximum atomic E-state index is 12.8. The van der Waals surface area contributed by atoms with E-state index in [0.29, 0.717) is 17.5 Å². The van der Waals surface area contributed by atoms with Crippen molar-refractivity contribution in [2.24, 2.45) is 22.7 Å². The van der Waals surface area contributed by atoms with Gasteiger partial charge in [0.25, 0.3) is 0 Å². The van der Waals surface area contributed by atoms with Gasteiger partial charge in [0.05, 0.1) is 5.69 Å². The van der Waals surface area contributed by atoms with Crippen LogP contribution in [0.1, 0.15) is 25.7 Å². The summed E-state index contributed by atoms with van der Waals surface area (Å²) >= 11 is 0. The summed E-state index contributed by atoms with van der Waals surface area (Å²) in [5, 5.41) is 2.32. The second kappa shape index (κ2) is 5.85. The van der Waals surface area contributed by atoms with E-state index in [1.54, 1.807) is 12.1 Å². The van der Waals surface area contributed by atoms with Gasteiger partial charge in [0.1, 0.15) is 0 Å². The van der Waals surface area contributed by atoms with E-state index in [9.17, 15) is 14.4 Å². The van der Waals surface area contributed by atoms with Crippen molar-refractivity contribution >= 4 is 29.7 Å². The van der Waals surface area contributed by atoms with Crippen LogP contribution in [-0.2, 0) is 9.59 Å². The molecule has 3 aliphatic rings. The molecule has 1 saturated heterocycles. The molecule has 124 valence electrons. The molecule has 0 spiro atoms. The SMILES string of the molecule is O=C1NC(=O)N([C@@H]2C[C@H]3CC[C@H]2C3)C(=O)[C@H]1C=Nc1ccccc1. The molecule has 4 rings (SSSR count). The molecule has 1 aliphatic heterocycles. The summed E-state index contributed by atoms with van der Waals surface area (Å²) < 4.78 is 0. The molecule has 2 saturated carbocycles. The van der Waals surface area contributed by atoms with E-state index in [-0.39, 0.29) is 6.04 Å². The summed E-state index contributed by atoms with van der Waals surface area (Å²) in [6.45, 7) is 0. The van der Waals surface area contributed by atoms with Gasteiger partial charge in [-0.25, -0.2) is 4.79 Å². The fraction of sp³-hybridized carbons (Fsp3) is 0.444. The number of benzene rings is 1. The van der Waals surface area contributed by atoms with Gasteiger partial charge in [-0.2, -0.15) is 0 Å². The molecule has 6 heteroatoms. The molecule has 0 unspecified atom stereocenters. The fourth-order valence-electron chi connectivity index (χ4n) is 4.25. The van der Waals surface area contributed by atoms with Gasteiger partial charge in [0.15, 0.2) is 5.92 Å². The number of imide groups is 2. The second-order valence-corrected chi connectivity index (χ2v) is 6.84. The Bertz CT molecular complexity index is 715. The zero-order valence-corrected chi connectivity index (χ0v) is 13.2. The summed E-state index contributed by atoms with van der Waals surface area (Å²) in [6, 6.07) is 8.47. The van der Waals surface area contributed by atoms with E-state index in [0.717, 1.165) is 19.3 Å². The van der Waals surface area contributed by atoms with Crippen LogP contribution in [0, 0.1) is 17.8 Å². The number of hydrogen-bond donors (Lipinski definition) is 1. The van der Waals surface area contributed by atoms with Gasteiger partial charge in [-0.05, 0) is 43.2 Å². The molecule has 4 atom stereocenters. The molecule has 6 nitrogen and oxygen atoms in total. The molecule has 1 aromatic rings. The molecule has 24 heavy (non-hydrogen) atoms. The maximum absolute atomic E-state index is 12.8. The van der Waals surface area contributed by atoms with E-state index in [1.807, 2.05) is 18.2 Å². The first kappa shape index (κ1) is 15.1. The summed E-state index contributed by atoms with van der Waals surface area (Å²) in [4.78, 5) is 42.6. The topological polar surface area (TPSA) is 78.8 Å². The monoisotopic (exact) mass is 325 g/mol. The van der Waals surface area contributed by atoms with Gasteiger partial charge in [0.2, 0.25) is 11.8 Å². The van der Waals surface area contributed by atoms with Crippen LogP contribution in [0.3, 0.4) is 0 Å². The van der Waals surface area contributed by atoms with E-state index in [2.05, 4.69) is 10.3 Å². The highest BCUT2D eigenvalue weighted by molar-refractivity contribution is 6.23. The van der Waals surface area contributed by atoms with E-state index in [4.69, 9.17) is 0 Å². The third-order valence-electron chi connectivity index (χ3n) is 5.40. The number of hydrogen-bond acceptors (Lipinski definition) is 4. The van der Waals surface area contributed by atoms with E-state index in [1.165, 1.54) is 17.5 Å². The molecule has 2 aliphatic carbocycles. The highest BCUT2D eigenvalue weighted by Gasteiger charge is 2.50. The van der Waals surface area contributed by atoms with Crippen molar-refractivity contribution in [3.8, 4) is 0 Å². The number of para-hydroxylation sites is 1. The molecule has 1 N–H and O–H groups in total. The number of carbonyl (C=O) groups excluding carboxylic acids is 3. The van der Waals surface area contributed by atoms with Gasteiger partial charge in [-0.3, -0.25) is 24.8 Å². The highest BCUT2D eigenvalue weighted by Crippen LogP contribution is 2.47. The average Bonchev–Trinajstić information content (AvgIpc) is 3.18. The van der Waals surface area contributed by atoms with Gasteiger partial charge in [0, 0.05) is 12.3 Å². The smallest absolute Gasteiger partial charge is 0.277 e. The van der Waals surface area contributed by atoms with Gasteiger partial charge in [-0.1, -0.05) is 24.6 Å². The molecule has 1 aromatic carbocycles. The summed E-state index contributed by atoms with van der Waals surface area (Å²) in [5.41, 5.74) is 0.668. The Labute approximate surface area is 139 Å². The van der Waals surface area contributed by atoms with Crippen LogP contribution in [0.2, 0.25) is 0 Å². The summed E-state index contributed by atoms with van der Waals surface area (Å²) in [6.07, 6.45) is 5.53. The van der Waals surface area contributed by atoms with Gasteiger partial charge < -0.3 is 0 Å². The molecule has 4 amide bonds. The average molecular weight is 325 g/mol. The maximum Gasteiger partial charge on any atom is 0.331 e. The van der Waals surface area contributed by atoms with Gasteiger partial charge >= 0.3 is 6.03 Å². The number of barbiturate groups is 1. The number of amides is 4. The van der Waals surface area contributed by atoms with Crippen LogP contribution in [0.15, 0.2) is 35.3 Å². The molecular weight excluding hydrogens is 306 g/mol. The largest absolute Gasteiger partial charge is 0.331 e. The second-order valence-electron chi connectivity index (χ2n) is 6.84. The highest BCUT2D eigenvalue weighted by atomic mass is 16.2. The number of urea groups is 1. The van der Waals surface area contributed by atoms with Crippen LogP contribution >= 0.6 is 0 Å². The molecule has 0 radical (unpaired) electrons. The molecular formula is C18H19N3O3. The van der Waals surface area contributed by atoms with Crippen LogP contribution in [0.5, 0.6) is 0 Å². The van der Waals surface area contributed by atoms with Crippen LogP contribution in [0.4, 0.5) is 10.5 Å². The van der Waals surface area contributed by atoms with Crippen LogP contribution in [0.25, 0.3) is 0 Å². The first-order chi connectivity index (χ1) is 11.6. The lowest BCUT2D eigenvalue weighted by Gasteiger charge is -2.36. The molecule has 2 bridgehead atoms. The Kier molecular flexibility index (Phi) is 3.67. The van der Waals surface area contributed by atoms with Crippen molar-refractivity contribution in [1.82, 2.24) is 10.2 Å². The normalized spacial score (nSPS) is 32.7. The summed E-state index contributed by atoms with van der Waals surface area (Å²) in [5.74, 6) is -1.09. The quantitative estimate of drug-likeness (QED) is 0.684. The molecule has 0 aromatic heterocycles. The van der Waals surface area contributed by atoms with Gasteiger partial charge in [-0.15, -0.1) is 0 Å². The minimum atomic E-state index is -1.04. The van der Waals surface area contributed by atoms with Crippen molar-refractivity contribution in [1.29, 1.82) is 0 Å². The third-order valence-corrected chi connectivity index (χ3v) is 5.40. The number of nitrogens with one attached hydrogen (secondary N) is 1. The minimum Gasteiger partial charge on any atom is -0.277 e. The van der Waals surface area contributed by atoms with E-state index < -0.39 is 23.8 Å². The standard InChI is InChI=1S/C18H19N3O3/c22-16-14(10-19-13-4-2-1-3-5-13)17(23)21(18(24)20-16)15-9-11-6-7-12(15)8-11/h1-5,10-12,14-15H,6-9H2,(H,20,22,24)/t11-,12-,14-,15+/m0/s1. The summed E-state index contributed by atoms with van der Waals surface area (Å²) in [7, 11) is 0. The number of nitrogens with zero attached hydrogens (tertiary/aromatic N) is 2.